The highest BCUT2D eigenvalue weighted by Gasteiger charge is 2.25. The van der Waals surface area contributed by atoms with Crippen molar-refractivity contribution in [3.63, 3.8) is 0 Å². The first-order valence-corrected chi connectivity index (χ1v) is 10.5. The Hall–Kier alpha value is -0.200. The van der Waals surface area contributed by atoms with Gasteiger partial charge in [0.15, 0.2) is 0 Å². The maximum atomic E-state index is 13.6. The summed E-state index contributed by atoms with van der Waals surface area (Å²) >= 11 is 0. The lowest BCUT2D eigenvalue weighted by Gasteiger charge is -2.10. The summed E-state index contributed by atoms with van der Waals surface area (Å²) in [5.74, 6) is 0. The third-order valence-corrected chi connectivity index (χ3v) is 5.20. The largest absolute Gasteiger partial charge is 0.344 e. The second-order valence-corrected chi connectivity index (χ2v) is 7.78. The maximum absolute atomic E-state index is 13.6. The normalized spacial score (nSPS) is 12.8. The van der Waals surface area contributed by atoms with Gasteiger partial charge in [-0.15, -0.1) is 0 Å². The molecule has 0 aromatic rings. The fourth-order valence-corrected chi connectivity index (χ4v) is 3.31. The molecule has 0 radical (unpaired) electrons. The van der Waals surface area contributed by atoms with Crippen molar-refractivity contribution in [1.82, 2.24) is 6.15 Å². The number of alkyl halides is 1. The molecule has 6 heteroatoms. The van der Waals surface area contributed by atoms with Crippen LogP contribution in [0, 0.1) is 0 Å². The molecule has 142 valence electrons. The van der Waals surface area contributed by atoms with Crippen LogP contribution < -0.4 is 6.15 Å². The highest BCUT2D eigenvalue weighted by Crippen LogP contribution is 2.15. The van der Waals surface area contributed by atoms with E-state index in [1.807, 2.05) is 6.92 Å². The van der Waals surface area contributed by atoms with Crippen LogP contribution in [0.3, 0.4) is 0 Å². The first-order valence-electron chi connectivity index (χ1n) is 9.07. The van der Waals surface area contributed by atoms with Gasteiger partial charge in [-0.3, -0.25) is 4.18 Å². The van der Waals surface area contributed by atoms with E-state index in [-0.39, 0.29) is 19.2 Å². The molecule has 0 aliphatic heterocycles. The molecular weight excluding hydrogens is 317 g/mol. The molecule has 0 rings (SSSR count). The molecule has 0 bridgehead atoms. The Labute approximate surface area is 143 Å². The van der Waals surface area contributed by atoms with Gasteiger partial charge in [0, 0.05) is 0 Å². The summed E-state index contributed by atoms with van der Waals surface area (Å²) in [6.45, 7) is 4.33. The van der Waals surface area contributed by atoms with E-state index in [1.165, 1.54) is 38.5 Å². The SMILES string of the molecule is CCCCCCCCCCCOS(=O)(=O)C(F)CCCCC.N. The average molecular weight is 356 g/mol. The Morgan fingerprint density at radius 1 is 0.783 bits per heavy atom. The number of rotatable bonds is 16. The van der Waals surface area contributed by atoms with E-state index < -0.39 is 15.6 Å². The van der Waals surface area contributed by atoms with Gasteiger partial charge >= 0.3 is 0 Å². The van der Waals surface area contributed by atoms with Crippen LogP contribution in [0.4, 0.5) is 4.39 Å². The molecule has 4 nitrogen and oxygen atoms in total. The Morgan fingerprint density at radius 2 is 1.22 bits per heavy atom. The maximum Gasteiger partial charge on any atom is 0.299 e. The van der Waals surface area contributed by atoms with Gasteiger partial charge in [0.05, 0.1) is 6.61 Å². The number of halogens is 1. The van der Waals surface area contributed by atoms with Crippen LogP contribution in [0.5, 0.6) is 0 Å². The molecule has 0 aromatic carbocycles. The summed E-state index contributed by atoms with van der Waals surface area (Å²) in [6, 6.07) is 0. The van der Waals surface area contributed by atoms with Crippen molar-refractivity contribution in [1.29, 1.82) is 0 Å². The zero-order valence-corrected chi connectivity index (χ0v) is 16.0. The standard InChI is InChI=1S/C17H35FO3S.H3N/c1-3-5-7-8-9-10-11-12-14-16-21-22(19,20)17(18)15-13-6-4-2;/h17H,3-16H2,1-2H3;1H3. The summed E-state index contributed by atoms with van der Waals surface area (Å²) in [5.41, 5.74) is -1.86. The lowest BCUT2D eigenvalue weighted by atomic mass is 10.1. The lowest BCUT2D eigenvalue weighted by Crippen LogP contribution is -2.19. The van der Waals surface area contributed by atoms with Crippen molar-refractivity contribution < 1.29 is 17.0 Å². The van der Waals surface area contributed by atoms with Crippen LogP contribution in [-0.2, 0) is 14.3 Å². The molecule has 3 N–H and O–H groups in total. The van der Waals surface area contributed by atoms with E-state index in [2.05, 4.69) is 6.92 Å². The van der Waals surface area contributed by atoms with E-state index in [0.29, 0.717) is 12.8 Å². The molecule has 0 aliphatic carbocycles. The fraction of sp³-hybridized carbons (Fsp3) is 1.00. The van der Waals surface area contributed by atoms with E-state index in [9.17, 15) is 12.8 Å². The van der Waals surface area contributed by atoms with E-state index in [1.54, 1.807) is 0 Å². The molecule has 0 heterocycles. The van der Waals surface area contributed by atoms with Gasteiger partial charge in [-0.2, -0.15) is 8.42 Å². The van der Waals surface area contributed by atoms with Crippen molar-refractivity contribution in [3.8, 4) is 0 Å². The Kier molecular flexibility index (Phi) is 18.1. The highest BCUT2D eigenvalue weighted by atomic mass is 32.2. The van der Waals surface area contributed by atoms with Crippen LogP contribution in [0.15, 0.2) is 0 Å². The van der Waals surface area contributed by atoms with Gasteiger partial charge in [0.2, 0.25) is 5.50 Å². The second-order valence-electron chi connectivity index (χ2n) is 6.05. The van der Waals surface area contributed by atoms with E-state index in [0.717, 1.165) is 25.7 Å². The summed E-state index contributed by atoms with van der Waals surface area (Å²) in [6.07, 6.45) is 12.8. The zero-order chi connectivity index (χ0) is 16.7. The molecule has 0 saturated carbocycles. The quantitative estimate of drug-likeness (QED) is 0.276. The van der Waals surface area contributed by atoms with Gasteiger partial charge in [0.1, 0.15) is 0 Å². The molecule has 1 atom stereocenters. The molecule has 0 saturated heterocycles. The minimum atomic E-state index is -4.02. The van der Waals surface area contributed by atoms with Gasteiger partial charge in [0.25, 0.3) is 10.1 Å². The molecule has 0 aliphatic rings. The molecule has 23 heavy (non-hydrogen) atoms. The number of hydrogen-bond donors (Lipinski definition) is 1. The van der Waals surface area contributed by atoms with Crippen molar-refractivity contribution >= 4 is 10.1 Å². The minimum absolute atomic E-state index is 0. The van der Waals surface area contributed by atoms with Crippen molar-refractivity contribution in [2.24, 2.45) is 0 Å². The molecular formula is C17H38FNO3S. The van der Waals surface area contributed by atoms with Gasteiger partial charge < -0.3 is 6.15 Å². The van der Waals surface area contributed by atoms with E-state index >= 15 is 0 Å². The monoisotopic (exact) mass is 355 g/mol. The highest BCUT2D eigenvalue weighted by molar-refractivity contribution is 7.87. The Balaban J connectivity index is 0. The molecule has 0 aromatic heterocycles. The first kappa shape index (κ1) is 25.0. The zero-order valence-electron chi connectivity index (χ0n) is 15.2. The third-order valence-electron chi connectivity index (χ3n) is 3.84. The number of unbranched alkanes of at least 4 members (excludes halogenated alkanes) is 10. The second kappa shape index (κ2) is 16.7. The van der Waals surface area contributed by atoms with Crippen molar-refractivity contribution in [2.45, 2.75) is 103 Å². The van der Waals surface area contributed by atoms with E-state index in [4.69, 9.17) is 4.18 Å². The topological polar surface area (TPSA) is 78.4 Å². The van der Waals surface area contributed by atoms with Crippen molar-refractivity contribution in [2.75, 3.05) is 6.61 Å². The molecule has 1 unspecified atom stereocenters. The van der Waals surface area contributed by atoms with Crippen LogP contribution in [0.2, 0.25) is 0 Å². The van der Waals surface area contributed by atoms with Gasteiger partial charge in [-0.25, -0.2) is 4.39 Å². The fourth-order valence-electron chi connectivity index (χ4n) is 2.36. The molecule has 0 amide bonds. The first-order chi connectivity index (χ1) is 10.5. The predicted molar refractivity (Wildman–Crippen MR) is 96.2 cm³/mol. The Bertz CT molecular complexity index is 337. The van der Waals surface area contributed by atoms with Gasteiger partial charge in [-0.1, -0.05) is 78.1 Å². The smallest absolute Gasteiger partial charge is 0.299 e. The summed E-state index contributed by atoms with van der Waals surface area (Å²) in [4.78, 5) is 0. The average Bonchev–Trinajstić information content (AvgIpc) is 2.49. The summed E-state index contributed by atoms with van der Waals surface area (Å²) in [5, 5.41) is 0. The third kappa shape index (κ3) is 15.1. The van der Waals surface area contributed by atoms with Gasteiger partial charge in [-0.05, 0) is 19.3 Å². The minimum Gasteiger partial charge on any atom is -0.344 e. The van der Waals surface area contributed by atoms with Crippen LogP contribution >= 0.6 is 0 Å². The number of hydrogen-bond acceptors (Lipinski definition) is 4. The van der Waals surface area contributed by atoms with Crippen LogP contribution in [0.25, 0.3) is 0 Å². The lowest BCUT2D eigenvalue weighted by molar-refractivity contribution is 0.271. The summed E-state index contributed by atoms with van der Waals surface area (Å²) < 4.78 is 41.5. The molecule has 0 fully saturated rings. The predicted octanol–water partition coefficient (Wildman–Crippen LogP) is 5.90. The van der Waals surface area contributed by atoms with Crippen LogP contribution in [-0.4, -0.2) is 20.5 Å². The Morgan fingerprint density at radius 3 is 1.74 bits per heavy atom. The molecule has 0 spiro atoms. The van der Waals surface area contributed by atoms with Crippen LogP contribution in [0.1, 0.15) is 97.3 Å². The van der Waals surface area contributed by atoms with Crippen molar-refractivity contribution in [3.05, 3.63) is 0 Å². The summed E-state index contributed by atoms with van der Waals surface area (Å²) in [7, 11) is -4.02.